The summed E-state index contributed by atoms with van der Waals surface area (Å²) in [5.74, 6) is 1.09. The molecule has 1 saturated heterocycles. The van der Waals surface area contributed by atoms with E-state index in [0.717, 1.165) is 37.2 Å². The van der Waals surface area contributed by atoms with Gasteiger partial charge in [-0.1, -0.05) is 12.1 Å². The number of benzene rings is 1. The third-order valence-corrected chi connectivity index (χ3v) is 4.94. The molecule has 2 aromatic rings. The lowest BCUT2D eigenvalue weighted by Crippen LogP contribution is -2.44. The molecule has 0 bridgehead atoms. The average molecular weight is 424 g/mol. The van der Waals surface area contributed by atoms with Crippen molar-refractivity contribution in [1.82, 2.24) is 15.5 Å². The van der Waals surface area contributed by atoms with Crippen LogP contribution < -0.4 is 10.6 Å². The van der Waals surface area contributed by atoms with E-state index < -0.39 is 17.8 Å². The monoisotopic (exact) mass is 424 g/mol. The van der Waals surface area contributed by atoms with E-state index in [1.807, 2.05) is 6.92 Å². The maximum atomic E-state index is 12.7. The van der Waals surface area contributed by atoms with Crippen molar-refractivity contribution in [3.8, 4) is 0 Å². The van der Waals surface area contributed by atoms with Gasteiger partial charge < -0.3 is 20.2 Å². The van der Waals surface area contributed by atoms with Crippen LogP contribution in [0.1, 0.15) is 36.3 Å². The molecule has 2 heterocycles. The number of furan rings is 1. The van der Waals surface area contributed by atoms with Crippen LogP contribution in [0.2, 0.25) is 0 Å². The maximum absolute atomic E-state index is 12.7. The van der Waals surface area contributed by atoms with Gasteiger partial charge in [0.05, 0.1) is 18.4 Å². The highest BCUT2D eigenvalue weighted by Gasteiger charge is 2.30. The molecule has 2 atom stereocenters. The zero-order valence-electron chi connectivity index (χ0n) is 16.8. The standard InChI is InChI=1S/C21H27F3N4O2/c1-2-25-20(26-12-18(29)19-4-3-11-30-19)27-17-9-10-28(14-17)13-15-5-7-16(8-6-15)21(22,23)24/h3-8,11,17-18,29H,2,9-10,12-14H2,1H3,(H2,25,26,27). The second kappa shape index (κ2) is 9.99. The van der Waals surface area contributed by atoms with E-state index in [1.54, 1.807) is 12.1 Å². The number of alkyl halides is 3. The number of aliphatic hydroxyl groups is 1. The molecular formula is C21H27F3N4O2. The predicted molar refractivity (Wildman–Crippen MR) is 108 cm³/mol. The van der Waals surface area contributed by atoms with Crippen LogP contribution in [0.25, 0.3) is 0 Å². The fourth-order valence-electron chi connectivity index (χ4n) is 3.41. The van der Waals surface area contributed by atoms with Crippen molar-refractivity contribution >= 4 is 5.96 Å². The van der Waals surface area contributed by atoms with Gasteiger partial charge in [-0.15, -0.1) is 0 Å². The Hall–Kier alpha value is -2.52. The minimum atomic E-state index is -4.31. The Labute approximate surface area is 173 Å². The van der Waals surface area contributed by atoms with Crippen molar-refractivity contribution in [2.75, 3.05) is 26.2 Å². The van der Waals surface area contributed by atoms with Gasteiger partial charge in [0, 0.05) is 32.2 Å². The van der Waals surface area contributed by atoms with Crippen LogP contribution >= 0.6 is 0 Å². The summed E-state index contributed by atoms with van der Waals surface area (Å²) in [6.45, 7) is 5.02. The van der Waals surface area contributed by atoms with Crippen LogP contribution in [0, 0.1) is 0 Å². The number of likely N-dealkylation sites (tertiary alicyclic amines) is 1. The second-order valence-corrected chi connectivity index (χ2v) is 7.31. The van der Waals surface area contributed by atoms with Crippen LogP contribution in [0.15, 0.2) is 52.1 Å². The van der Waals surface area contributed by atoms with E-state index in [-0.39, 0.29) is 12.6 Å². The van der Waals surface area contributed by atoms with E-state index in [9.17, 15) is 18.3 Å². The van der Waals surface area contributed by atoms with Gasteiger partial charge in [-0.05, 0) is 43.2 Å². The van der Waals surface area contributed by atoms with E-state index in [2.05, 4.69) is 20.5 Å². The van der Waals surface area contributed by atoms with Gasteiger partial charge in [0.2, 0.25) is 0 Å². The first-order valence-electron chi connectivity index (χ1n) is 10.00. The van der Waals surface area contributed by atoms with E-state index in [1.165, 1.54) is 18.4 Å². The van der Waals surface area contributed by atoms with Crippen LogP contribution in [-0.4, -0.2) is 48.2 Å². The molecule has 0 aliphatic carbocycles. The molecule has 1 aliphatic rings. The molecule has 3 N–H and O–H groups in total. The molecule has 0 saturated carbocycles. The zero-order chi connectivity index (χ0) is 21.6. The Morgan fingerprint density at radius 2 is 2.07 bits per heavy atom. The number of hydrogen-bond donors (Lipinski definition) is 3. The highest BCUT2D eigenvalue weighted by Crippen LogP contribution is 2.29. The zero-order valence-corrected chi connectivity index (χ0v) is 16.8. The third-order valence-electron chi connectivity index (χ3n) is 4.94. The van der Waals surface area contributed by atoms with Crippen LogP contribution in [0.3, 0.4) is 0 Å². The van der Waals surface area contributed by atoms with Crippen LogP contribution in [-0.2, 0) is 12.7 Å². The molecule has 0 radical (unpaired) electrons. The van der Waals surface area contributed by atoms with Crippen molar-refractivity contribution in [3.63, 3.8) is 0 Å². The Kier molecular flexibility index (Phi) is 7.38. The molecule has 1 aliphatic heterocycles. The quantitative estimate of drug-likeness (QED) is 0.470. The first-order valence-corrected chi connectivity index (χ1v) is 10.00. The molecular weight excluding hydrogens is 397 g/mol. The number of hydrogen-bond acceptors (Lipinski definition) is 4. The largest absolute Gasteiger partial charge is 0.467 e. The van der Waals surface area contributed by atoms with E-state index in [0.29, 0.717) is 24.8 Å². The Morgan fingerprint density at radius 3 is 2.70 bits per heavy atom. The van der Waals surface area contributed by atoms with Gasteiger partial charge in [0.25, 0.3) is 0 Å². The molecule has 1 aromatic carbocycles. The molecule has 164 valence electrons. The number of nitrogens with zero attached hydrogens (tertiary/aromatic N) is 2. The molecule has 2 unspecified atom stereocenters. The average Bonchev–Trinajstić information content (AvgIpc) is 3.38. The molecule has 9 heteroatoms. The molecule has 0 amide bonds. The summed E-state index contributed by atoms with van der Waals surface area (Å²) < 4.78 is 43.3. The molecule has 30 heavy (non-hydrogen) atoms. The highest BCUT2D eigenvalue weighted by atomic mass is 19.4. The van der Waals surface area contributed by atoms with Gasteiger partial charge in [-0.3, -0.25) is 9.89 Å². The molecule has 1 aromatic heterocycles. The van der Waals surface area contributed by atoms with Crippen molar-refractivity contribution in [1.29, 1.82) is 0 Å². The maximum Gasteiger partial charge on any atom is 0.416 e. The lowest BCUT2D eigenvalue weighted by Gasteiger charge is -2.19. The summed E-state index contributed by atoms with van der Waals surface area (Å²) >= 11 is 0. The summed E-state index contributed by atoms with van der Waals surface area (Å²) in [4.78, 5) is 6.63. The summed E-state index contributed by atoms with van der Waals surface area (Å²) in [5.41, 5.74) is 0.223. The fraction of sp³-hybridized carbons (Fsp3) is 0.476. The Balaban J connectivity index is 1.51. The van der Waals surface area contributed by atoms with Gasteiger partial charge >= 0.3 is 6.18 Å². The summed E-state index contributed by atoms with van der Waals surface area (Å²) in [5, 5.41) is 16.7. The normalized spacial score (nSPS) is 19.1. The van der Waals surface area contributed by atoms with Crippen molar-refractivity contribution in [2.24, 2.45) is 4.99 Å². The van der Waals surface area contributed by atoms with Crippen LogP contribution in [0.4, 0.5) is 13.2 Å². The van der Waals surface area contributed by atoms with Crippen LogP contribution in [0.5, 0.6) is 0 Å². The summed E-state index contributed by atoms with van der Waals surface area (Å²) in [6.07, 6.45) is -2.72. The molecule has 6 nitrogen and oxygen atoms in total. The van der Waals surface area contributed by atoms with Gasteiger partial charge in [-0.25, -0.2) is 0 Å². The minimum absolute atomic E-state index is 0.165. The summed E-state index contributed by atoms with van der Waals surface area (Å²) in [7, 11) is 0. The first-order chi connectivity index (χ1) is 14.3. The number of rotatable bonds is 7. The number of guanidine groups is 1. The van der Waals surface area contributed by atoms with Crippen molar-refractivity contribution in [3.05, 3.63) is 59.5 Å². The number of aliphatic hydroxyl groups excluding tert-OH is 1. The fourth-order valence-corrected chi connectivity index (χ4v) is 3.41. The topological polar surface area (TPSA) is 73.0 Å². The molecule has 0 spiro atoms. The number of aliphatic imine (C=N–C) groups is 1. The number of nitrogens with one attached hydrogen (secondary N) is 2. The first kappa shape index (κ1) is 22.2. The smallest absolute Gasteiger partial charge is 0.416 e. The van der Waals surface area contributed by atoms with Crippen molar-refractivity contribution in [2.45, 2.75) is 38.2 Å². The molecule has 3 rings (SSSR count). The lowest BCUT2D eigenvalue weighted by atomic mass is 10.1. The Morgan fingerprint density at radius 1 is 1.30 bits per heavy atom. The van der Waals surface area contributed by atoms with E-state index >= 15 is 0 Å². The number of halogens is 3. The van der Waals surface area contributed by atoms with E-state index in [4.69, 9.17) is 4.42 Å². The molecule has 1 fully saturated rings. The third kappa shape index (κ3) is 6.24. The predicted octanol–water partition coefficient (Wildman–Crippen LogP) is 3.16. The Bertz CT molecular complexity index is 807. The SMILES string of the molecule is CCNC(=NCC(O)c1ccco1)NC1CCN(Cc2ccc(C(F)(F)F)cc2)C1. The van der Waals surface area contributed by atoms with Crippen molar-refractivity contribution < 1.29 is 22.7 Å². The van der Waals surface area contributed by atoms with Gasteiger partial charge in [0.1, 0.15) is 11.9 Å². The van der Waals surface area contributed by atoms with Gasteiger partial charge in [0.15, 0.2) is 5.96 Å². The second-order valence-electron chi connectivity index (χ2n) is 7.31. The highest BCUT2D eigenvalue weighted by molar-refractivity contribution is 5.80. The van der Waals surface area contributed by atoms with Gasteiger partial charge in [-0.2, -0.15) is 13.2 Å². The lowest BCUT2D eigenvalue weighted by molar-refractivity contribution is -0.137. The summed E-state index contributed by atoms with van der Waals surface area (Å²) in [6, 6.07) is 8.91. The minimum Gasteiger partial charge on any atom is -0.467 e.